The fraction of sp³-hybridized carbons (Fsp3) is 0.182. The Bertz CT molecular complexity index is 474. The molecule has 0 aliphatic carbocycles. The number of para-hydroxylation sites is 1. The SMILES string of the molecule is CCc1[nH]c2ccccc2c1C#N. The van der Waals surface area contributed by atoms with E-state index in [2.05, 4.69) is 11.1 Å². The van der Waals surface area contributed by atoms with Crippen molar-refractivity contribution in [3.8, 4) is 6.07 Å². The van der Waals surface area contributed by atoms with Crippen LogP contribution in [0.25, 0.3) is 10.9 Å². The summed E-state index contributed by atoms with van der Waals surface area (Å²) >= 11 is 0. The maximum atomic E-state index is 8.97. The van der Waals surface area contributed by atoms with E-state index in [0.29, 0.717) is 0 Å². The van der Waals surface area contributed by atoms with Gasteiger partial charge in [0.1, 0.15) is 6.07 Å². The van der Waals surface area contributed by atoms with Crippen molar-refractivity contribution in [1.29, 1.82) is 5.26 Å². The molecule has 1 heterocycles. The van der Waals surface area contributed by atoms with Crippen LogP contribution in [-0.2, 0) is 6.42 Å². The number of benzene rings is 1. The third kappa shape index (κ3) is 1.09. The van der Waals surface area contributed by atoms with Gasteiger partial charge in [-0.1, -0.05) is 25.1 Å². The highest BCUT2D eigenvalue weighted by Crippen LogP contribution is 2.21. The number of rotatable bonds is 1. The fourth-order valence-corrected chi connectivity index (χ4v) is 1.59. The van der Waals surface area contributed by atoms with Gasteiger partial charge in [-0.15, -0.1) is 0 Å². The van der Waals surface area contributed by atoms with E-state index in [9.17, 15) is 0 Å². The van der Waals surface area contributed by atoms with Gasteiger partial charge in [-0.3, -0.25) is 0 Å². The highest BCUT2D eigenvalue weighted by Gasteiger charge is 2.07. The first-order chi connectivity index (χ1) is 6.36. The van der Waals surface area contributed by atoms with Crippen LogP contribution in [0.1, 0.15) is 18.2 Å². The molecule has 1 aromatic heterocycles. The molecular formula is C11H10N2. The van der Waals surface area contributed by atoms with Crippen LogP contribution in [-0.4, -0.2) is 4.98 Å². The quantitative estimate of drug-likeness (QED) is 0.702. The molecule has 13 heavy (non-hydrogen) atoms. The zero-order valence-electron chi connectivity index (χ0n) is 7.46. The van der Waals surface area contributed by atoms with Crippen LogP contribution in [0.3, 0.4) is 0 Å². The summed E-state index contributed by atoms with van der Waals surface area (Å²) in [4.78, 5) is 3.24. The number of hydrogen-bond donors (Lipinski definition) is 1. The third-order valence-corrected chi connectivity index (χ3v) is 2.25. The Hall–Kier alpha value is -1.75. The molecular weight excluding hydrogens is 160 g/mol. The molecule has 2 nitrogen and oxygen atoms in total. The van der Waals surface area contributed by atoms with E-state index < -0.39 is 0 Å². The summed E-state index contributed by atoms with van der Waals surface area (Å²) < 4.78 is 0. The van der Waals surface area contributed by atoms with Crippen LogP contribution in [0, 0.1) is 11.3 Å². The van der Waals surface area contributed by atoms with Gasteiger partial charge in [-0.25, -0.2) is 0 Å². The van der Waals surface area contributed by atoms with Gasteiger partial charge in [0.15, 0.2) is 0 Å². The Morgan fingerprint density at radius 2 is 2.15 bits per heavy atom. The molecule has 0 saturated carbocycles. The molecule has 2 aromatic rings. The van der Waals surface area contributed by atoms with E-state index in [0.717, 1.165) is 28.6 Å². The average molecular weight is 170 g/mol. The summed E-state index contributed by atoms with van der Waals surface area (Å²) in [6, 6.07) is 10.1. The lowest BCUT2D eigenvalue weighted by Gasteiger charge is -1.88. The monoisotopic (exact) mass is 170 g/mol. The minimum Gasteiger partial charge on any atom is -0.357 e. The summed E-state index contributed by atoms with van der Waals surface area (Å²) in [7, 11) is 0. The lowest BCUT2D eigenvalue weighted by molar-refractivity contribution is 1.07. The number of nitriles is 1. The van der Waals surface area contributed by atoms with E-state index in [-0.39, 0.29) is 0 Å². The number of aromatic nitrogens is 1. The van der Waals surface area contributed by atoms with Crippen LogP contribution < -0.4 is 0 Å². The topological polar surface area (TPSA) is 39.6 Å². The summed E-state index contributed by atoms with van der Waals surface area (Å²) in [6.45, 7) is 2.05. The van der Waals surface area contributed by atoms with Crippen LogP contribution in [0.2, 0.25) is 0 Å². The predicted molar refractivity (Wildman–Crippen MR) is 52.4 cm³/mol. The Morgan fingerprint density at radius 3 is 2.85 bits per heavy atom. The Labute approximate surface area is 76.8 Å². The molecule has 2 rings (SSSR count). The summed E-state index contributed by atoms with van der Waals surface area (Å²) in [5, 5.41) is 10.00. The number of nitrogens with one attached hydrogen (secondary N) is 1. The smallest absolute Gasteiger partial charge is 0.102 e. The molecule has 0 spiro atoms. The van der Waals surface area contributed by atoms with Crippen molar-refractivity contribution < 1.29 is 0 Å². The minimum atomic E-state index is 0.790. The van der Waals surface area contributed by atoms with Crippen molar-refractivity contribution >= 4 is 10.9 Å². The van der Waals surface area contributed by atoms with E-state index in [4.69, 9.17) is 5.26 Å². The molecule has 0 atom stereocenters. The zero-order chi connectivity index (χ0) is 9.26. The average Bonchev–Trinajstić information content (AvgIpc) is 2.55. The van der Waals surface area contributed by atoms with Crippen molar-refractivity contribution in [2.24, 2.45) is 0 Å². The molecule has 0 unspecified atom stereocenters. The summed E-state index contributed by atoms with van der Waals surface area (Å²) in [5.74, 6) is 0. The highest BCUT2D eigenvalue weighted by molar-refractivity contribution is 5.87. The van der Waals surface area contributed by atoms with Gasteiger partial charge in [0.25, 0.3) is 0 Å². The largest absolute Gasteiger partial charge is 0.357 e. The Balaban J connectivity index is 2.83. The number of nitrogens with zero attached hydrogens (tertiary/aromatic N) is 1. The first-order valence-electron chi connectivity index (χ1n) is 4.36. The number of aromatic amines is 1. The van der Waals surface area contributed by atoms with Crippen molar-refractivity contribution in [2.45, 2.75) is 13.3 Å². The first kappa shape index (κ1) is 7.88. The van der Waals surface area contributed by atoms with Gasteiger partial charge in [-0.05, 0) is 12.5 Å². The van der Waals surface area contributed by atoms with Crippen molar-refractivity contribution in [3.05, 3.63) is 35.5 Å². The highest BCUT2D eigenvalue weighted by atomic mass is 14.7. The van der Waals surface area contributed by atoms with Gasteiger partial charge < -0.3 is 4.98 Å². The summed E-state index contributed by atoms with van der Waals surface area (Å²) in [5.41, 5.74) is 2.87. The number of H-pyrrole nitrogens is 1. The molecule has 0 saturated heterocycles. The van der Waals surface area contributed by atoms with Gasteiger partial charge in [-0.2, -0.15) is 5.26 Å². The van der Waals surface area contributed by atoms with Gasteiger partial charge in [0.2, 0.25) is 0 Å². The van der Waals surface area contributed by atoms with Crippen molar-refractivity contribution in [1.82, 2.24) is 4.98 Å². The molecule has 2 heteroatoms. The zero-order valence-corrected chi connectivity index (χ0v) is 7.46. The maximum absolute atomic E-state index is 8.97. The van der Waals surface area contributed by atoms with E-state index in [1.54, 1.807) is 0 Å². The van der Waals surface area contributed by atoms with Crippen molar-refractivity contribution in [3.63, 3.8) is 0 Å². The second kappa shape index (κ2) is 2.95. The Morgan fingerprint density at radius 1 is 1.38 bits per heavy atom. The molecule has 0 radical (unpaired) electrons. The normalized spacial score (nSPS) is 10.2. The molecule has 0 amide bonds. The number of fused-ring (bicyclic) bond motifs is 1. The van der Waals surface area contributed by atoms with Crippen LogP contribution in [0.4, 0.5) is 0 Å². The molecule has 0 aliphatic rings. The van der Waals surface area contributed by atoms with E-state index in [1.807, 2.05) is 31.2 Å². The van der Waals surface area contributed by atoms with Gasteiger partial charge in [0, 0.05) is 16.6 Å². The molecule has 0 aliphatic heterocycles. The van der Waals surface area contributed by atoms with E-state index in [1.165, 1.54) is 0 Å². The number of hydrogen-bond acceptors (Lipinski definition) is 1. The molecule has 0 fully saturated rings. The molecule has 64 valence electrons. The van der Waals surface area contributed by atoms with Crippen LogP contribution >= 0.6 is 0 Å². The third-order valence-electron chi connectivity index (χ3n) is 2.25. The lowest BCUT2D eigenvalue weighted by atomic mass is 10.1. The van der Waals surface area contributed by atoms with Gasteiger partial charge in [0.05, 0.1) is 5.56 Å². The molecule has 1 N–H and O–H groups in total. The van der Waals surface area contributed by atoms with Crippen LogP contribution in [0.5, 0.6) is 0 Å². The molecule has 0 bridgehead atoms. The fourth-order valence-electron chi connectivity index (χ4n) is 1.59. The second-order valence-corrected chi connectivity index (χ2v) is 2.99. The van der Waals surface area contributed by atoms with Gasteiger partial charge >= 0.3 is 0 Å². The van der Waals surface area contributed by atoms with E-state index >= 15 is 0 Å². The second-order valence-electron chi connectivity index (χ2n) is 2.99. The lowest BCUT2D eigenvalue weighted by Crippen LogP contribution is -1.82. The maximum Gasteiger partial charge on any atom is 0.102 e. The molecule has 1 aromatic carbocycles. The number of aryl methyl sites for hydroxylation is 1. The Kier molecular flexibility index (Phi) is 1.79. The standard InChI is InChI=1S/C11H10N2/c1-2-10-9(7-12)8-5-3-4-6-11(8)13-10/h3-6,13H,2H2,1H3. The van der Waals surface area contributed by atoms with Crippen molar-refractivity contribution in [2.75, 3.05) is 0 Å². The minimum absolute atomic E-state index is 0.790. The summed E-state index contributed by atoms with van der Waals surface area (Å²) in [6.07, 6.45) is 0.873. The predicted octanol–water partition coefficient (Wildman–Crippen LogP) is 2.60. The first-order valence-corrected chi connectivity index (χ1v) is 4.36. The van der Waals surface area contributed by atoms with Crippen LogP contribution in [0.15, 0.2) is 24.3 Å².